The molecule has 0 saturated heterocycles. The second-order valence-corrected chi connectivity index (χ2v) is 7.27. The van der Waals surface area contributed by atoms with Crippen molar-refractivity contribution in [2.45, 2.75) is 51.5 Å². The molecule has 1 atom stereocenters. The van der Waals surface area contributed by atoms with Crippen LogP contribution in [0.4, 0.5) is 0 Å². The smallest absolute Gasteiger partial charge is 0.252 e. The maximum Gasteiger partial charge on any atom is 0.252 e. The van der Waals surface area contributed by atoms with Crippen molar-refractivity contribution in [3.63, 3.8) is 0 Å². The Labute approximate surface area is 158 Å². The highest BCUT2D eigenvalue weighted by Crippen LogP contribution is 2.27. The fraction of sp³-hybridized carbons (Fsp3) is 0.429. The zero-order chi connectivity index (χ0) is 18.8. The van der Waals surface area contributed by atoms with Gasteiger partial charge in [0.2, 0.25) is 5.91 Å². The van der Waals surface area contributed by atoms with Gasteiger partial charge in [-0.2, -0.15) is 0 Å². The highest BCUT2D eigenvalue weighted by atomic mass is 16.2. The van der Waals surface area contributed by atoms with Crippen LogP contribution in [0.5, 0.6) is 0 Å². The van der Waals surface area contributed by atoms with Crippen LogP contribution >= 0.6 is 0 Å². The van der Waals surface area contributed by atoms with E-state index in [9.17, 15) is 9.59 Å². The summed E-state index contributed by atoms with van der Waals surface area (Å²) in [6.07, 6.45) is 5.37. The summed E-state index contributed by atoms with van der Waals surface area (Å²) in [4.78, 5) is 33.5. The SMILES string of the molecule is Cc1nc(CCNC(=O)C[C@H]2NC(=O)c3ccccc32)nc2c1CCCC2. The number of nitrogens with zero attached hydrogens (tertiary/aromatic N) is 2. The van der Waals surface area contributed by atoms with Gasteiger partial charge in [-0.15, -0.1) is 0 Å². The molecule has 0 saturated carbocycles. The third-order valence-corrected chi connectivity index (χ3v) is 5.38. The molecule has 27 heavy (non-hydrogen) atoms. The molecule has 0 spiro atoms. The molecule has 2 N–H and O–H groups in total. The van der Waals surface area contributed by atoms with Gasteiger partial charge < -0.3 is 10.6 Å². The molecule has 2 aromatic rings. The van der Waals surface area contributed by atoms with E-state index < -0.39 is 0 Å². The Morgan fingerprint density at radius 2 is 2.04 bits per heavy atom. The van der Waals surface area contributed by atoms with Crippen molar-refractivity contribution in [2.24, 2.45) is 0 Å². The first kappa shape index (κ1) is 17.6. The zero-order valence-electron chi connectivity index (χ0n) is 15.5. The lowest BCUT2D eigenvalue weighted by atomic mass is 9.95. The molecule has 6 heteroatoms. The molecule has 4 rings (SSSR count). The Morgan fingerprint density at radius 1 is 1.22 bits per heavy atom. The average Bonchev–Trinajstić information content (AvgIpc) is 2.98. The molecule has 6 nitrogen and oxygen atoms in total. The Balaban J connectivity index is 1.32. The first-order valence-corrected chi connectivity index (χ1v) is 9.63. The van der Waals surface area contributed by atoms with Crippen LogP contribution < -0.4 is 10.6 Å². The van der Waals surface area contributed by atoms with Crippen molar-refractivity contribution in [1.82, 2.24) is 20.6 Å². The third kappa shape index (κ3) is 3.70. The second-order valence-electron chi connectivity index (χ2n) is 7.27. The summed E-state index contributed by atoms with van der Waals surface area (Å²) in [7, 11) is 0. The molecule has 0 bridgehead atoms. The van der Waals surface area contributed by atoms with Gasteiger partial charge in [0, 0.05) is 29.9 Å². The van der Waals surface area contributed by atoms with Gasteiger partial charge in [-0.05, 0) is 49.8 Å². The van der Waals surface area contributed by atoms with Gasteiger partial charge in [-0.1, -0.05) is 18.2 Å². The monoisotopic (exact) mass is 364 g/mol. The highest BCUT2D eigenvalue weighted by molar-refractivity contribution is 5.99. The lowest BCUT2D eigenvalue weighted by molar-refractivity contribution is -0.121. The molecule has 1 aromatic carbocycles. The number of benzene rings is 1. The normalized spacial score (nSPS) is 17.8. The van der Waals surface area contributed by atoms with Gasteiger partial charge >= 0.3 is 0 Å². The number of carbonyl (C=O) groups excluding carboxylic acids is 2. The van der Waals surface area contributed by atoms with Crippen LogP contribution in [0.2, 0.25) is 0 Å². The fourth-order valence-electron chi connectivity index (χ4n) is 4.01. The molecule has 0 fully saturated rings. The largest absolute Gasteiger partial charge is 0.356 e. The first-order valence-electron chi connectivity index (χ1n) is 9.63. The summed E-state index contributed by atoms with van der Waals surface area (Å²) < 4.78 is 0. The molecule has 2 aliphatic rings. The van der Waals surface area contributed by atoms with Gasteiger partial charge in [0.05, 0.1) is 12.5 Å². The number of nitrogens with one attached hydrogen (secondary N) is 2. The molecule has 0 unspecified atom stereocenters. The maximum absolute atomic E-state index is 12.3. The van der Waals surface area contributed by atoms with Crippen LogP contribution in [-0.4, -0.2) is 28.3 Å². The summed E-state index contributed by atoms with van der Waals surface area (Å²) in [5, 5.41) is 5.81. The number of amides is 2. The van der Waals surface area contributed by atoms with Gasteiger partial charge in [-0.3, -0.25) is 9.59 Å². The lowest BCUT2D eigenvalue weighted by Crippen LogP contribution is -2.30. The lowest BCUT2D eigenvalue weighted by Gasteiger charge is -2.17. The van der Waals surface area contributed by atoms with Crippen molar-refractivity contribution < 1.29 is 9.59 Å². The van der Waals surface area contributed by atoms with Gasteiger partial charge in [0.1, 0.15) is 5.82 Å². The van der Waals surface area contributed by atoms with E-state index >= 15 is 0 Å². The predicted molar refractivity (Wildman–Crippen MR) is 101 cm³/mol. The minimum absolute atomic E-state index is 0.0771. The van der Waals surface area contributed by atoms with Crippen molar-refractivity contribution in [1.29, 1.82) is 0 Å². The van der Waals surface area contributed by atoms with Crippen LogP contribution in [0.1, 0.15) is 64.0 Å². The number of hydrogen-bond donors (Lipinski definition) is 2. The predicted octanol–water partition coefficient (Wildman–Crippen LogP) is 2.20. The van der Waals surface area contributed by atoms with Crippen molar-refractivity contribution in [3.8, 4) is 0 Å². The fourth-order valence-corrected chi connectivity index (χ4v) is 4.01. The summed E-state index contributed by atoms with van der Waals surface area (Å²) in [5.74, 6) is 0.612. The molecule has 0 radical (unpaired) electrons. The third-order valence-electron chi connectivity index (χ3n) is 5.38. The van der Waals surface area contributed by atoms with Crippen LogP contribution in [0.3, 0.4) is 0 Å². The molecular weight excluding hydrogens is 340 g/mol. The van der Waals surface area contributed by atoms with Crippen LogP contribution in [-0.2, 0) is 24.1 Å². The number of hydrogen-bond acceptors (Lipinski definition) is 4. The first-order chi connectivity index (χ1) is 13.1. The number of aryl methyl sites for hydroxylation is 2. The minimum atomic E-state index is -0.254. The summed E-state index contributed by atoms with van der Waals surface area (Å²) in [6.45, 7) is 2.55. The number of rotatable bonds is 5. The quantitative estimate of drug-likeness (QED) is 0.852. The van der Waals surface area contributed by atoms with Gasteiger partial charge in [-0.25, -0.2) is 9.97 Å². The second kappa shape index (κ2) is 7.47. The van der Waals surface area contributed by atoms with Crippen molar-refractivity contribution >= 4 is 11.8 Å². The van der Waals surface area contributed by atoms with E-state index in [0.717, 1.165) is 29.9 Å². The van der Waals surface area contributed by atoms with Crippen molar-refractivity contribution in [3.05, 3.63) is 58.2 Å². The average molecular weight is 364 g/mol. The molecule has 1 aliphatic heterocycles. The Bertz CT molecular complexity index is 894. The number of aromatic nitrogens is 2. The standard InChI is InChI=1S/C21H24N4O2/c1-13-14-6-4-5-9-17(14)24-19(23-13)10-11-22-20(26)12-18-15-7-2-3-8-16(15)21(27)25-18/h2-3,7-8,18H,4-6,9-12H2,1H3,(H,22,26)(H,25,27)/t18-/m1/s1. The van der Waals surface area contributed by atoms with Crippen LogP contribution in [0.15, 0.2) is 24.3 Å². The van der Waals surface area contributed by atoms with E-state index in [1.54, 1.807) is 6.07 Å². The summed E-state index contributed by atoms with van der Waals surface area (Å²) in [6, 6.07) is 7.16. The minimum Gasteiger partial charge on any atom is -0.356 e. The molecule has 1 aliphatic carbocycles. The molecule has 2 heterocycles. The van der Waals surface area contributed by atoms with E-state index in [1.807, 2.05) is 25.1 Å². The molecule has 1 aromatic heterocycles. The van der Waals surface area contributed by atoms with Gasteiger partial charge in [0.25, 0.3) is 5.91 Å². The maximum atomic E-state index is 12.3. The number of fused-ring (bicyclic) bond motifs is 2. The van der Waals surface area contributed by atoms with E-state index in [-0.39, 0.29) is 24.3 Å². The van der Waals surface area contributed by atoms with E-state index in [4.69, 9.17) is 4.98 Å². The molecular formula is C21H24N4O2. The summed E-state index contributed by atoms with van der Waals surface area (Å²) >= 11 is 0. The van der Waals surface area contributed by atoms with E-state index in [1.165, 1.54) is 24.1 Å². The summed E-state index contributed by atoms with van der Waals surface area (Å²) in [5.41, 5.74) is 5.12. The molecule has 2 amide bonds. The Hall–Kier alpha value is -2.76. The Morgan fingerprint density at radius 3 is 2.93 bits per heavy atom. The van der Waals surface area contributed by atoms with E-state index in [0.29, 0.717) is 18.5 Å². The van der Waals surface area contributed by atoms with Crippen LogP contribution in [0, 0.1) is 6.92 Å². The van der Waals surface area contributed by atoms with Gasteiger partial charge in [0.15, 0.2) is 0 Å². The van der Waals surface area contributed by atoms with Crippen molar-refractivity contribution in [2.75, 3.05) is 6.54 Å². The number of carbonyl (C=O) groups is 2. The topological polar surface area (TPSA) is 84.0 Å². The Kier molecular flexibility index (Phi) is 4.88. The molecule has 140 valence electrons. The zero-order valence-corrected chi connectivity index (χ0v) is 15.5. The van der Waals surface area contributed by atoms with Crippen LogP contribution in [0.25, 0.3) is 0 Å². The highest BCUT2D eigenvalue weighted by Gasteiger charge is 2.29. The van der Waals surface area contributed by atoms with E-state index in [2.05, 4.69) is 15.6 Å².